The predicted molar refractivity (Wildman–Crippen MR) is 116 cm³/mol. The second-order valence-electron chi connectivity index (χ2n) is 9.13. The van der Waals surface area contributed by atoms with Crippen molar-refractivity contribution in [2.75, 3.05) is 33.7 Å². The summed E-state index contributed by atoms with van der Waals surface area (Å²) in [6, 6.07) is 8.37. The maximum absolute atomic E-state index is 13.1. The van der Waals surface area contributed by atoms with Crippen LogP contribution in [0.15, 0.2) is 24.3 Å². The van der Waals surface area contributed by atoms with Gasteiger partial charge < -0.3 is 20.4 Å². The molecule has 1 aromatic rings. The number of hydrogen-bond acceptors (Lipinski definition) is 3. The van der Waals surface area contributed by atoms with Gasteiger partial charge in [-0.2, -0.15) is 0 Å². The summed E-state index contributed by atoms with van der Waals surface area (Å²) in [6.07, 6.45) is 3.67. The third-order valence-electron chi connectivity index (χ3n) is 7.01. The molecule has 1 aromatic carbocycles. The maximum Gasteiger partial charge on any atom is 0.320 e. The number of urea groups is 1. The van der Waals surface area contributed by atoms with Gasteiger partial charge in [0.25, 0.3) is 0 Å². The number of fused-ring (bicyclic) bond motifs is 1. The Hall–Kier alpha value is -1.79. The van der Waals surface area contributed by atoms with Crippen LogP contribution >= 0.6 is 12.4 Å². The molecule has 0 radical (unpaired) electrons. The second-order valence-corrected chi connectivity index (χ2v) is 9.13. The van der Waals surface area contributed by atoms with Crippen molar-refractivity contribution in [3.63, 3.8) is 0 Å². The van der Waals surface area contributed by atoms with Crippen LogP contribution in [0.1, 0.15) is 42.9 Å². The Bertz CT molecular complexity index is 778. The van der Waals surface area contributed by atoms with E-state index < -0.39 is 5.54 Å². The van der Waals surface area contributed by atoms with Crippen molar-refractivity contribution in [1.82, 2.24) is 14.7 Å². The second kappa shape index (κ2) is 8.15. The van der Waals surface area contributed by atoms with Crippen LogP contribution in [0, 0.1) is 18.8 Å². The number of amides is 3. The molecule has 3 amide bonds. The highest BCUT2D eigenvalue weighted by Gasteiger charge is 2.52. The molecule has 2 aliphatic heterocycles. The zero-order valence-corrected chi connectivity index (χ0v) is 18.5. The Morgan fingerprint density at radius 2 is 1.76 bits per heavy atom. The summed E-state index contributed by atoms with van der Waals surface area (Å²) in [4.78, 5) is 31.7. The molecule has 1 saturated carbocycles. The molecule has 7 heteroatoms. The minimum atomic E-state index is -0.671. The van der Waals surface area contributed by atoms with E-state index in [2.05, 4.69) is 19.1 Å². The molecule has 3 fully saturated rings. The summed E-state index contributed by atoms with van der Waals surface area (Å²) < 4.78 is 0. The third-order valence-corrected chi connectivity index (χ3v) is 7.01. The Kier molecular flexibility index (Phi) is 6.16. The molecule has 3 aliphatic rings. The van der Waals surface area contributed by atoms with Crippen molar-refractivity contribution in [1.29, 1.82) is 0 Å². The highest BCUT2D eigenvalue weighted by Crippen LogP contribution is 2.46. The van der Waals surface area contributed by atoms with Crippen LogP contribution in [-0.4, -0.2) is 65.9 Å². The fraction of sp³-hybridized carbons (Fsp3) is 0.636. The Labute approximate surface area is 179 Å². The van der Waals surface area contributed by atoms with E-state index in [1.54, 1.807) is 19.0 Å². The first-order valence-corrected chi connectivity index (χ1v) is 10.4. The fourth-order valence-electron chi connectivity index (χ4n) is 5.52. The lowest BCUT2D eigenvalue weighted by atomic mass is 9.87. The molecule has 2 N–H and O–H groups in total. The van der Waals surface area contributed by atoms with Gasteiger partial charge in [-0.05, 0) is 30.9 Å². The van der Waals surface area contributed by atoms with Crippen molar-refractivity contribution in [3.05, 3.63) is 35.4 Å². The largest absolute Gasteiger partial charge is 0.340 e. The summed E-state index contributed by atoms with van der Waals surface area (Å²) in [7, 11) is 3.61. The number of likely N-dealkylation sites (tertiary alicyclic amines) is 2. The minimum absolute atomic E-state index is 0. The summed E-state index contributed by atoms with van der Waals surface area (Å²) in [5.74, 6) is 0.690. The van der Waals surface area contributed by atoms with E-state index in [1.807, 2.05) is 21.9 Å². The molecule has 3 atom stereocenters. The van der Waals surface area contributed by atoms with Gasteiger partial charge in [0, 0.05) is 45.6 Å². The van der Waals surface area contributed by atoms with Gasteiger partial charge in [-0.1, -0.05) is 37.1 Å². The number of benzene rings is 1. The SMILES string of the molecule is Cc1ccccc1[C@H]1[C@@H]2CN(C(=O)C3(N)CCCC3)C[C@@H]2CN1C(=O)N(C)C.Cl. The van der Waals surface area contributed by atoms with Crippen molar-refractivity contribution in [3.8, 4) is 0 Å². The lowest BCUT2D eigenvalue weighted by Gasteiger charge is -2.34. The molecule has 0 spiro atoms. The molecule has 160 valence electrons. The molecule has 1 aliphatic carbocycles. The molecule has 6 nitrogen and oxygen atoms in total. The number of hydrogen-bond donors (Lipinski definition) is 1. The smallest absolute Gasteiger partial charge is 0.320 e. The van der Waals surface area contributed by atoms with Gasteiger partial charge in [-0.15, -0.1) is 12.4 Å². The first-order chi connectivity index (χ1) is 13.3. The van der Waals surface area contributed by atoms with Crippen LogP contribution in [0.25, 0.3) is 0 Å². The Balaban J connectivity index is 0.00000240. The standard InChI is InChI=1S/C22H32N4O2.ClH/c1-15-8-4-5-9-17(15)19-18-14-25(20(27)22(23)10-6-7-11-22)12-16(18)13-26(19)21(28)24(2)3;/h4-5,8-9,16,18-19H,6-7,10-14,23H2,1-3H3;1H/t16-,18-,19+;/m1./s1. The molecule has 0 bridgehead atoms. The highest BCUT2D eigenvalue weighted by molar-refractivity contribution is 5.87. The average Bonchev–Trinajstić information content (AvgIpc) is 3.35. The monoisotopic (exact) mass is 420 g/mol. The first-order valence-electron chi connectivity index (χ1n) is 10.4. The average molecular weight is 421 g/mol. The van der Waals surface area contributed by atoms with Crippen molar-refractivity contribution >= 4 is 24.3 Å². The van der Waals surface area contributed by atoms with Crippen molar-refractivity contribution in [2.45, 2.75) is 44.2 Å². The van der Waals surface area contributed by atoms with E-state index in [1.165, 1.54) is 11.1 Å². The third kappa shape index (κ3) is 3.73. The van der Waals surface area contributed by atoms with E-state index in [-0.39, 0.29) is 36.3 Å². The number of rotatable bonds is 2. The lowest BCUT2D eigenvalue weighted by molar-refractivity contribution is -0.136. The van der Waals surface area contributed by atoms with Gasteiger partial charge in [-0.3, -0.25) is 4.79 Å². The van der Waals surface area contributed by atoms with Crippen LogP contribution in [0.4, 0.5) is 4.79 Å². The lowest BCUT2D eigenvalue weighted by Crippen LogP contribution is -2.53. The summed E-state index contributed by atoms with van der Waals surface area (Å²) in [5, 5.41) is 0. The summed E-state index contributed by atoms with van der Waals surface area (Å²) >= 11 is 0. The normalized spacial score (nSPS) is 27.5. The van der Waals surface area contributed by atoms with Crippen molar-refractivity contribution < 1.29 is 9.59 Å². The van der Waals surface area contributed by atoms with Crippen LogP contribution < -0.4 is 5.73 Å². The van der Waals surface area contributed by atoms with Gasteiger partial charge in [0.2, 0.25) is 5.91 Å². The number of aryl methyl sites for hydroxylation is 1. The minimum Gasteiger partial charge on any atom is -0.340 e. The molecule has 0 aromatic heterocycles. The number of carbonyl (C=O) groups is 2. The molecule has 29 heavy (non-hydrogen) atoms. The quantitative estimate of drug-likeness (QED) is 0.799. The Morgan fingerprint density at radius 1 is 1.10 bits per heavy atom. The first kappa shape index (κ1) is 21.9. The summed E-state index contributed by atoms with van der Waals surface area (Å²) in [6.45, 7) is 4.20. The molecule has 2 heterocycles. The zero-order valence-electron chi connectivity index (χ0n) is 17.6. The highest BCUT2D eigenvalue weighted by atomic mass is 35.5. The van der Waals surface area contributed by atoms with Crippen molar-refractivity contribution in [2.24, 2.45) is 17.6 Å². The molecule has 0 unspecified atom stereocenters. The van der Waals surface area contributed by atoms with Gasteiger partial charge in [0.05, 0.1) is 11.6 Å². The van der Waals surface area contributed by atoms with Crippen LogP contribution in [0.5, 0.6) is 0 Å². The number of halogens is 1. The Morgan fingerprint density at radius 3 is 2.38 bits per heavy atom. The van der Waals surface area contributed by atoms with Gasteiger partial charge >= 0.3 is 6.03 Å². The van der Waals surface area contributed by atoms with E-state index in [4.69, 9.17) is 5.73 Å². The molecule has 2 saturated heterocycles. The fourth-order valence-corrected chi connectivity index (χ4v) is 5.52. The van der Waals surface area contributed by atoms with Crippen LogP contribution in [-0.2, 0) is 4.79 Å². The maximum atomic E-state index is 13.1. The van der Waals surface area contributed by atoms with E-state index >= 15 is 0 Å². The van der Waals surface area contributed by atoms with Gasteiger partial charge in [-0.25, -0.2) is 4.79 Å². The van der Waals surface area contributed by atoms with E-state index in [9.17, 15) is 9.59 Å². The van der Waals surface area contributed by atoms with Gasteiger partial charge in [0.15, 0.2) is 0 Å². The topological polar surface area (TPSA) is 69.9 Å². The number of nitrogens with zero attached hydrogens (tertiary/aromatic N) is 3. The number of nitrogens with two attached hydrogens (primary N) is 1. The summed E-state index contributed by atoms with van der Waals surface area (Å²) in [5.41, 5.74) is 8.18. The molecular formula is C22H33ClN4O2. The molecular weight excluding hydrogens is 388 g/mol. The van der Waals surface area contributed by atoms with Gasteiger partial charge in [0.1, 0.15) is 0 Å². The van der Waals surface area contributed by atoms with E-state index in [0.717, 1.165) is 25.7 Å². The zero-order chi connectivity index (χ0) is 20.1. The van der Waals surface area contributed by atoms with Crippen LogP contribution in [0.2, 0.25) is 0 Å². The van der Waals surface area contributed by atoms with E-state index in [0.29, 0.717) is 25.6 Å². The van der Waals surface area contributed by atoms with Crippen LogP contribution in [0.3, 0.4) is 0 Å². The number of carbonyl (C=O) groups excluding carboxylic acids is 2. The predicted octanol–water partition coefficient (Wildman–Crippen LogP) is 2.80. The molecule has 4 rings (SSSR count).